The second-order valence-corrected chi connectivity index (χ2v) is 6.78. The summed E-state index contributed by atoms with van der Waals surface area (Å²) in [4.78, 5) is 17.8. The zero-order valence-corrected chi connectivity index (χ0v) is 16.1. The maximum Gasteiger partial charge on any atom is 0.416 e. The van der Waals surface area contributed by atoms with Gasteiger partial charge in [-0.1, -0.05) is 6.07 Å². The Labute approximate surface area is 162 Å². The summed E-state index contributed by atoms with van der Waals surface area (Å²) < 4.78 is 52.7. The van der Waals surface area contributed by atoms with Gasteiger partial charge >= 0.3 is 6.18 Å². The van der Waals surface area contributed by atoms with Crippen LogP contribution in [0.4, 0.5) is 17.6 Å². The van der Waals surface area contributed by atoms with Crippen molar-refractivity contribution in [2.75, 3.05) is 26.7 Å². The van der Waals surface area contributed by atoms with Gasteiger partial charge in [0.25, 0.3) is 0 Å². The van der Waals surface area contributed by atoms with Gasteiger partial charge in [-0.15, -0.1) is 0 Å². The summed E-state index contributed by atoms with van der Waals surface area (Å²) in [7, 11) is 1.61. The zero-order valence-electron chi connectivity index (χ0n) is 16.1. The number of benzene rings is 1. The molecule has 28 heavy (non-hydrogen) atoms. The summed E-state index contributed by atoms with van der Waals surface area (Å²) in [5.41, 5.74) is -1.07. The molecule has 0 spiro atoms. The van der Waals surface area contributed by atoms with E-state index in [0.29, 0.717) is 38.1 Å². The number of aliphatic imine (C=N–C) groups is 1. The van der Waals surface area contributed by atoms with Gasteiger partial charge in [0.05, 0.1) is 12.1 Å². The largest absolute Gasteiger partial charge is 0.416 e. The lowest BCUT2D eigenvalue weighted by atomic mass is 9.93. The quantitative estimate of drug-likeness (QED) is 0.452. The first-order valence-electron chi connectivity index (χ1n) is 9.34. The average Bonchev–Trinajstić information content (AvgIpc) is 2.65. The third-order valence-electron chi connectivity index (χ3n) is 4.78. The van der Waals surface area contributed by atoms with E-state index in [0.717, 1.165) is 25.0 Å². The molecule has 1 aromatic rings. The molecule has 0 saturated carbocycles. The van der Waals surface area contributed by atoms with E-state index in [9.17, 15) is 22.4 Å². The molecule has 156 valence electrons. The Hall–Kier alpha value is -2.32. The minimum atomic E-state index is -4.64. The zero-order chi connectivity index (χ0) is 20.7. The standard InChI is InChI=1S/C19H26F4N4O/c1-3-25-18(27-8-6-13(7-9-27)10-17(28)24-2)26-12-14-4-5-15(20)11-16(14)19(21,22)23/h4-5,11,13H,3,6-10,12H2,1-2H3,(H,24,28)(H,25,26). The number of halogens is 4. The first-order valence-corrected chi connectivity index (χ1v) is 9.34. The molecule has 0 bridgehead atoms. The second kappa shape index (κ2) is 9.75. The number of guanidine groups is 1. The third kappa shape index (κ3) is 6.10. The van der Waals surface area contributed by atoms with E-state index in [-0.39, 0.29) is 23.9 Å². The van der Waals surface area contributed by atoms with Gasteiger partial charge in [0.15, 0.2) is 5.96 Å². The van der Waals surface area contributed by atoms with Crippen LogP contribution in [0.3, 0.4) is 0 Å². The molecule has 1 aliphatic heterocycles. The van der Waals surface area contributed by atoms with E-state index in [2.05, 4.69) is 15.6 Å². The van der Waals surface area contributed by atoms with E-state index in [1.165, 1.54) is 0 Å². The molecule has 0 aromatic heterocycles. The molecule has 1 fully saturated rings. The fraction of sp³-hybridized carbons (Fsp3) is 0.579. The predicted octanol–water partition coefficient (Wildman–Crippen LogP) is 3.16. The van der Waals surface area contributed by atoms with Crippen molar-refractivity contribution in [3.05, 3.63) is 35.1 Å². The van der Waals surface area contributed by atoms with E-state index in [4.69, 9.17) is 0 Å². The summed E-state index contributed by atoms with van der Waals surface area (Å²) in [5, 5.41) is 5.72. The Morgan fingerprint density at radius 1 is 1.29 bits per heavy atom. The number of nitrogens with zero attached hydrogens (tertiary/aromatic N) is 2. The molecule has 1 amide bonds. The summed E-state index contributed by atoms with van der Waals surface area (Å²) in [5.74, 6) is -0.105. The van der Waals surface area contributed by atoms with Gasteiger partial charge in [-0.05, 0) is 43.4 Å². The number of carbonyl (C=O) groups is 1. The molecular weight excluding hydrogens is 376 g/mol. The summed E-state index contributed by atoms with van der Waals surface area (Å²) in [6.45, 7) is 3.60. The Balaban J connectivity index is 2.09. The van der Waals surface area contributed by atoms with Crippen molar-refractivity contribution in [2.24, 2.45) is 10.9 Å². The molecule has 1 aromatic carbocycles. The van der Waals surface area contributed by atoms with Gasteiger partial charge in [0.2, 0.25) is 5.91 Å². The van der Waals surface area contributed by atoms with E-state index < -0.39 is 17.6 Å². The SMILES string of the molecule is CCNC(=NCc1ccc(F)cc1C(F)(F)F)N1CCC(CC(=O)NC)CC1. The predicted molar refractivity (Wildman–Crippen MR) is 99.2 cm³/mol. The second-order valence-electron chi connectivity index (χ2n) is 6.78. The Kier molecular flexibility index (Phi) is 7.65. The monoisotopic (exact) mass is 402 g/mol. The number of likely N-dealkylation sites (tertiary alicyclic amines) is 1. The molecule has 2 rings (SSSR count). The number of alkyl halides is 3. The van der Waals surface area contributed by atoms with Crippen LogP contribution in [0.25, 0.3) is 0 Å². The Bertz CT molecular complexity index is 698. The fourth-order valence-corrected chi connectivity index (χ4v) is 3.25. The maximum atomic E-state index is 13.3. The van der Waals surface area contributed by atoms with Crippen molar-refractivity contribution in [3.8, 4) is 0 Å². The maximum absolute atomic E-state index is 13.3. The summed E-state index contributed by atoms with van der Waals surface area (Å²) in [6.07, 6.45) is -2.55. The van der Waals surface area contributed by atoms with E-state index >= 15 is 0 Å². The Morgan fingerprint density at radius 2 is 1.96 bits per heavy atom. The molecule has 0 radical (unpaired) electrons. The number of rotatable bonds is 5. The van der Waals surface area contributed by atoms with Crippen LogP contribution in [0.15, 0.2) is 23.2 Å². The highest BCUT2D eigenvalue weighted by Gasteiger charge is 2.33. The van der Waals surface area contributed by atoms with Gasteiger partial charge in [-0.2, -0.15) is 13.2 Å². The summed E-state index contributed by atoms with van der Waals surface area (Å²) in [6, 6.07) is 2.64. The number of amides is 1. The van der Waals surface area contributed by atoms with Gasteiger partial charge in [-0.25, -0.2) is 9.38 Å². The topological polar surface area (TPSA) is 56.7 Å². The van der Waals surface area contributed by atoms with Gasteiger partial charge in [-0.3, -0.25) is 4.79 Å². The smallest absolute Gasteiger partial charge is 0.359 e. The van der Waals surface area contributed by atoms with Crippen LogP contribution >= 0.6 is 0 Å². The molecule has 0 aliphatic carbocycles. The Morgan fingerprint density at radius 3 is 2.54 bits per heavy atom. The highest BCUT2D eigenvalue weighted by molar-refractivity contribution is 5.80. The molecular formula is C19H26F4N4O. The molecule has 0 atom stereocenters. The van der Waals surface area contributed by atoms with Crippen molar-refractivity contribution in [1.29, 1.82) is 0 Å². The first-order chi connectivity index (χ1) is 13.2. The minimum Gasteiger partial charge on any atom is -0.359 e. The van der Waals surface area contributed by atoms with E-state index in [1.54, 1.807) is 7.05 Å². The lowest BCUT2D eigenvalue weighted by Crippen LogP contribution is -2.46. The number of hydrogen-bond acceptors (Lipinski definition) is 2. The lowest BCUT2D eigenvalue weighted by molar-refractivity contribution is -0.138. The van der Waals surface area contributed by atoms with Crippen LogP contribution in [-0.4, -0.2) is 43.4 Å². The van der Waals surface area contributed by atoms with Crippen LogP contribution < -0.4 is 10.6 Å². The molecule has 1 heterocycles. The van der Waals surface area contributed by atoms with Crippen molar-refractivity contribution >= 4 is 11.9 Å². The van der Waals surface area contributed by atoms with Crippen molar-refractivity contribution < 1.29 is 22.4 Å². The molecule has 0 unspecified atom stereocenters. The summed E-state index contributed by atoms with van der Waals surface area (Å²) >= 11 is 0. The van der Waals surface area contributed by atoms with Crippen LogP contribution in [0.1, 0.15) is 37.3 Å². The number of piperidine rings is 1. The first kappa shape index (κ1) is 22.0. The fourth-order valence-electron chi connectivity index (χ4n) is 3.25. The number of nitrogens with one attached hydrogen (secondary N) is 2. The van der Waals surface area contributed by atoms with Crippen LogP contribution in [0.2, 0.25) is 0 Å². The van der Waals surface area contributed by atoms with E-state index in [1.807, 2.05) is 11.8 Å². The average molecular weight is 402 g/mol. The normalized spacial score (nSPS) is 16.2. The number of carbonyl (C=O) groups excluding carboxylic acids is 1. The highest BCUT2D eigenvalue weighted by Crippen LogP contribution is 2.33. The number of hydrogen-bond donors (Lipinski definition) is 2. The lowest BCUT2D eigenvalue weighted by Gasteiger charge is -2.34. The van der Waals surface area contributed by atoms with Gasteiger partial charge in [0.1, 0.15) is 5.82 Å². The van der Waals surface area contributed by atoms with Crippen LogP contribution in [0.5, 0.6) is 0 Å². The van der Waals surface area contributed by atoms with Crippen molar-refractivity contribution in [2.45, 2.75) is 38.9 Å². The third-order valence-corrected chi connectivity index (χ3v) is 4.78. The molecule has 1 aliphatic rings. The van der Waals surface area contributed by atoms with Crippen LogP contribution in [0, 0.1) is 11.7 Å². The van der Waals surface area contributed by atoms with Crippen molar-refractivity contribution in [3.63, 3.8) is 0 Å². The minimum absolute atomic E-state index is 0.00927. The molecule has 1 saturated heterocycles. The molecule has 2 N–H and O–H groups in total. The van der Waals surface area contributed by atoms with Gasteiger partial charge in [0, 0.05) is 33.1 Å². The van der Waals surface area contributed by atoms with Gasteiger partial charge < -0.3 is 15.5 Å². The van der Waals surface area contributed by atoms with Crippen LogP contribution in [-0.2, 0) is 17.5 Å². The van der Waals surface area contributed by atoms with Crippen molar-refractivity contribution in [1.82, 2.24) is 15.5 Å². The highest BCUT2D eigenvalue weighted by atomic mass is 19.4. The molecule has 5 nitrogen and oxygen atoms in total. The molecule has 9 heteroatoms.